The predicted octanol–water partition coefficient (Wildman–Crippen LogP) is 4.06. The van der Waals surface area contributed by atoms with E-state index in [0.29, 0.717) is 30.9 Å². The van der Waals surface area contributed by atoms with Gasteiger partial charge in [-0.15, -0.1) is 0 Å². The number of pyridine rings is 1. The Kier molecular flexibility index (Phi) is 5.08. The van der Waals surface area contributed by atoms with Crippen molar-refractivity contribution in [2.45, 2.75) is 39.2 Å². The maximum Gasteiger partial charge on any atom is 0.417 e. The molecule has 9 heteroatoms. The molecule has 1 N–H and O–H groups in total. The fraction of sp³-hybridized carbons (Fsp3) is 0.292. The third-order valence-corrected chi connectivity index (χ3v) is 6.41. The van der Waals surface area contributed by atoms with E-state index in [4.69, 9.17) is 0 Å². The van der Waals surface area contributed by atoms with Gasteiger partial charge >= 0.3 is 6.18 Å². The van der Waals surface area contributed by atoms with Gasteiger partial charge in [0.25, 0.3) is 5.56 Å². The van der Waals surface area contributed by atoms with Crippen molar-refractivity contribution in [2.24, 2.45) is 0 Å². The topological polar surface area (TPSA) is 63.1 Å². The molecule has 33 heavy (non-hydrogen) atoms. The second kappa shape index (κ2) is 7.84. The summed E-state index contributed by atoms with van der Waals surface area (Å²) in [4.78, 5) is 23.4. The molecule has 4 heterocycles. The zero-order valence-electron chi connectivity index (χ0n) is 18.1. The molecule has 0 radical (unpaired) electrons. The summed E-state index contributed by atoms with van der Waals surface area (Å²) in [5.41, 5.74) is 6.68. The summed E-state index contributed by atoms with van der Waals surface area (Å²) in [6, 6.07) is 8.76. The number of aromatic nitrogens is 3. The quantitative estimate of drug-likeness (QED) is 0.634. The van der Waals surface area contributed by atoms with Gasteiger partial charge in [-0.05, 0) is 48.3 Å². The van der Waals surface area contributed by atoms with Gasteiger partial charge in [-0.25, -0.2) is 9.66 Å². The van der Waals surface area contributed by atoms with Crippen molar-refractivity contribution in [3.63, 3.8) is 0 Å². The summed E-state index contributed by atoms with van der Waals surface area (Å²) in [6.07, 6.45) is -1.00. The van der Waals surface area contributed by atoms with Crippen LogP contribution >= 0.6 is 0 Å². The van der Waals surface area contributed by atoms with E-state index in [-0.39, 0.29) is 17.3 Å². The maximum absolute atomic E-state index is 13.5. The zero-order chi connectivity index (χ0) is 23.3. The van der Waals surface area contributed by atoms with Crippen LogP contribution in [0.5, 0.6) is 0 Å². The Labute approximate surface area is 188 Å². The molecule has 1 aromatic carbocycles. The lowest BCUT2D eigenvalue weighted by atomic mass is 9.96. The average molecular weight is 453 g/mol. The molecule has 0 aliphatic carbocycles. The van der Waals surface area contributed by atoms with E-state index in [2.05, 4.69) is 20.3 Å². The highest BCUT2D eigenvalue weighted by Crippen LogP contribution is 2.37. The highest BCUT2D eigenvalue weighted by Gasteiger charge is 2.34. The molecular formula is C24H22F3N5O. The number of alkyl halides is 3. The standard InChI is InChI=1S/C24H22F3N5O/c1-14-15(2)23(30-32-21(33)7-9-28-22(14)32)31-10-8-20-17(13-31)11-16(12-29-20)18-5-3-4-6-19(18)24(25,26)27/h3-7,9,11-12,23,30H,8,10,13H2,1-2H3. The summed E-state index contributed by atoms with van der Waals surface area (Å²) >= 11 is 0. The molecule has 0 fully saturated rings. The number of rotatable bonds is 2. The van der Waals surface area contributed by atoms with Crippen molar-refractivity contribution in [2.75, 3.05) is 12.0 Å². The van der Waals surface area contributed by atoms with Crippen LogP contribution in [-0.2, 0) is 19.1 Å². The van der Waals surface area contributed by atoms with Crippen LogP contribution in [-0.4, -0.2) is 32.3 Å². The summed E-state index contributed by atoms with van der Waals surface area (Å²) in [5.74, 6) is 0.585. The van der Waals surface area contributed by atoms with Crippen LogP contribution in [0.25, 0.3) is 16.7 Å². The molecule has 1 atom stereocenters. The van der Waals surface area contributed by atoms with Crippen LogP contribution in [0.1, 0.15) is 36.5 Å². The van der Waals surface area contributed by atoms with Gasteiger partial charge in [0.1, 0.15) is 6.17 Å². The second-order valence-electron chi connectivity index (χ2n) is 8.38. The Balaban J connectivity index is 1.49. The Morgan fingerprint density at radius 2 is 1.91 bits per heavy atom. The Hall–Kier alpha value is -3.46. The van der Waals surface area contributed by atoms with Crippen LogP contribution in [0.4, 0.5) is 13.2 Å². The van der Waals surface area contributed by atoms with Gasteiger partial charge in [-0.3, -0.25) is 20.1 Å². The van der Waals surface area contributed by atoms with Gasteiger partial charge in [0, 0.05) is 49.2 Å². The van der Waals surface area contributed by atoms with Crippen LogP contribution in [0, 0.1) is 0 Å². The number of hydrogen-bond acceptors (Lipinski definition) is 5. The molecule has 2 aliphatic heterocycles. The number of hydrogen-bond donors (Lipinski definition) is 1. The monoisotopic (exact) mass is 453 g/mol. The number of nitrogens with one attached hydrogen (secondary N) is 1. The van der Waals surface area contributed by atoms with E-state index in [9.17, 15) is 18.0 Å². The average Bonchev–Trinajstić information content (AvgIpc) is 2.80. The van der Waals surface area contributed by atoms with E-state index < -0.39 is 11.7 Å². The minimum absolute atomic E-state index is 0.117. The van der Waals surface area contributed by atoms with E-state index in [1.165, 1.54) is 35.3 Å². The smallest absolute Gasteiger partial charge is 0.300 e. The maximum atomic E-state index is 13.5. The van der Waals surface area contributed by atoms with Crippen molar-refractivity contribution in [1.82, 2.24) is 19.5 Å². The third kappa shape index (κ3) is 3.72. The van der Waals surface area contributed by atoms with E-state index >= 15 is 0 Å². The van der Waals surface area contributed by atoms with Crippen molar-refractivity contribution < 1.29 is 13.2 Å². The van der Waals surface area contributed by atoms with Gasteiger partial charge in [0.15, 0.2) is 5.82 Å². The Bertz CT molecular complexity index is 1330. The summed E-state index contributed by atoms with van der Waals surface area (Å²) in [6.45, 7) is 5.13. The lowest BCUT2D eigenvalue weighted by Gasteiger charge is -2.40. The zero-order valence-corrected chi connectivity index (χ0v) is 18.1. The highest BCUT2D eigenvalue weighted by atomic mass is 19.4. The van der Waals surface area contributed by atoms with Crippen molar-refractivity contribution in [3.8, 4) is 11.1 Å². The fourth-order valence-corrected chi connectivity index (χ4v) is 4.55. The van der Waals surface area contributed by atoms with Crippen LogP contribution in [0.2, 0.25) is 0 Å². The van der Waals surface area contributed by atoms with Gasteiger partial charge in [0.05, 0.1) is 5.56 Å². The molecule has 5 rings (SSSR count). The lowest BCUT2D eigenvalue weighted by molar-refractivity contribution is -0.137. The Morgan fingerprint density at radius 1 is 1.12 bits per heavy atom. The molecule has 2 aromatic heterocycles. The number of halogens is 3. The second-order valence-corrected chi connectivity index (χ2v) is 8.38. The van der Waals surface area contributed by atoms with Crippen LogP contribution < -0.4 is 11.0 Å². The molecule has 6 nitrogen and oxygen atoms in total. The minimum Gasteiger partial charge on any atom is -0.300 e. The molecule has 170 valence electrons. The summed E-state index contributed by atoms with van der Waals surface area (Å²) in [5, 5.41) is 0. The van der Waals surface area contributed by atoms with Crippen LogP contribution in [0.3, 0.4) is 0 Å². The number of benzene rings is 1. The molecule has 0 saturated carbocycles. The van der Waals surface area contributed by atoms with Crippen molar-refractivity contribution in [3.05, 3.63) is 87.4 Å². The van der Waals surface area contributed by atoms with Gasteiger partial charge in [-0.2, -0.15) is 13.2 Å². The molecule has 0 amide bonds. The summed E-state index contributed by atoms with van der Waals surface area (Å²) in [7, 11) is 0. The highest BCUT2D eigenvalue weighted by molar-refractivity contribution is 5.68. The number of nitrogens with zero attached hydrogens (tertiary/aromatic N) is 4. The fourth-order valence-electron chi connectivity index (χ4n) is 4.55. The van der Waals surface area contributed by atoms with Crippen LogP contribution in [0.15, 0.2) is 59.2 Å². The van der Waals surface area contributed by atoms with E-state index in [0.717, 1.165) is 28.5 Å². The van der Waals surface area contributed by atoms with Crippen molar-refractivity contribution in [1.29, 1.82) is 0 Å². The van der Waals surface area contributed by atoms with E-state index in [1.807, 2.05) is 13.8 Å². The first-order valence-corrected chi connectivity index (χ1v) is 10.6. The number of allylic oxidation sites excluding steroid dienone is 1. The molecule has 2 aliphatic rings. The summed E-state index contributed by atoms with van der Waals surface area (Å²) < 4.78 is 42.1. The molecule has 0 spiro atoms. The first-order valence-electron chi connectivity index (χ1n) is 10.6. The molecule has 1 unspecified atom stereocenters. The van der Waals surface area contributed by atoms with Crippen molar-refractivity contribution >= 4 is 5.57 Å². The minimum atomic E-state index is -4.45. The molecule has 0 bridgehead atoms. The van der Waals surface area contributed by atoms with E-state index in [1.54, 1.807) is 12.1 Å². The first-order chi connectivity index (χ1) is 15.7. The predicted molar refractivity (Wildman–Crippen MR) is 119 cm³/mol. The van der Waals surface area contributed by atoms with Gasteiger partial charge in [-0.1, -0.05) is 18.2 Å². The molecular weight excluding hydrogens is 431 g/mol. The largest absolute Gasteiger partial charge is 0.417 e. The third-order valence-electron chi connectivity index (χ3n) is 6.41. The Morgan fingerprint density at radius 3 is 2.70 bits per heavy atom. The lowest BCUT2D eigenvalue weighted by Crippen LogP contribution is -2.52. The van der Waals surface area contributed by atoms with Gasteiger partial charge < -0.3 is 0 Å². The molecule has 3 aromatic rings. The molecule has 0 saturated heterocycles. The van der Waals surface area contributed by atoms with Gasteiger partial charge in [0.2, 0.25) is 0 Å². The first kappa shape index (κ1) is 21.4. The SMILES string of the molecule is CC1=C(C)C(N2CCc3ncc(-c4ccccc4C(F)(F)F)cc3C2)Nn2c1nccc2=O. The number of fused-ring (bicyclic) bond motifs is 2. The normalized spacial score (nSPS) is 18.5.